The molecule has 0 aromatic carbocycles. The molecule has 0 unspecified atom stereocenters. The maximum atomic E-state index is 11.9. The van der Waals surface area contributed by atoms with Crippen LogP contribution in [0.1, 0.15) is 20.3 Å². The van der Waals surface area contributed by atoms with Gasteiger partial charge in [-0.1, -0.05) is 0 Å². The first kappa shape index (κ1) is 13.9. The van der Waals surface area contributed by atoms with Gasteiger partial charge < -0.3 is 16.0 Å². The van der Waals surface area contributed by atoms with Crippen molar-refractivity contribution >= 4 is 11.9 Å². The number of hydrogen-bond acceptors (Lipinski definition) is 4. The standard InChI is InChI=1S/C11H22N4O2/c1-11(2)9(16)15(10(17)13-11)8-7-14(3)6-4-5-12/h4-8,12H2,1-3H3,(H,13,17). The number of likely N-dealkylation sites (N-methyl/N-ethyl adjacent to an activating group) is 1. The number of imide groups is 1. The van der Waals surface area contributed by atoms with Crippen LogP contribution in [0.5, 0.6) is 0 Å². The highest BCUT2D eigenvalue weighted by atomic mass is 16.2. The second-order valence-corrected chi connectivity index (χ2v) is 4.96. The molecule has 17 heavy (non-hydrogen) atoms. The topological polar surface area (TPSA) is 78.7 Å². The zero-order valence-electron chi connectivity index (χ0n) is 10.8. The third kappa shape index (κ3) is 3.41. The van der Waals surface area contributed by atoms with Crippen molar-refractivity contribution in [2.24, 2.45) is 5.73 Å². The lowest BCUT2D eigenvalue weighted by Crippen LogP contribution is -2.41. The number of nitrogens with one attached hydrogen (secondary N) is 1. The molecule has 0 atom stereocenters. The molecule has 0 aliphatic carbocycles. The van der Waals surface area contributed by atoms with Gasteiger partial charge in [0, 0.05) is 13.1 Å². The van der Waals surface area contributed by atoms with Crippen LogP contribution in [0, 0.1) is 0 Å². The summed E-state index contributed by atoms with van der Waals surface area (Å²) in [7, 11) is 1.96. The molecule has 98 valence electrons. The number of carbonyl (C=O) groups excluding carboxylic acids is 2. The molecule has 3 amide bonds. The molecule has 3 N–H and O–H groups in total. The first-order valence-corrected chi connectivity index (χ1v) is 5.91. The van der Waals surface area contributed by atoms with Gasteiger partial charge in [-0.15, -0.1) is 0 Å². The van der Waals surface area contributed by atoms with E-state index in [4.69, 9.17) is 5.73 Å². The molecule has 6 heteroatoms. The molecule has 0 bridgehead atoms. The number of nitrogens with zero attached hydrogens (tertiary/aromatic N) is 2. The molecule has 0 saturated carbocycles. The summed E-state index contributed by atoms with van der Waals surface area (Å²) in [5.74, 6) is -0.158. The summed E-state index contributed by atoms with van der Waals surface area (Å²) in [4.78, 5) is 26.8. The maximum absolute atomic E-state index is 11.9. The van der Waals surface area contributed by atoms with Crippen LogP contribution in [0.4, 0.5) is 4.79 Å². The summed E-state index contributed by atoms with van der Waals surface area (Å²) in [6.07, 6.45) is 0.919. The summed E-state index contributed by atoms with van der Waals surface area (Å²) in [5.41, 5.74) is 4.65. The van der Waals surface area contributed by atoms with E-state index in [1.165, 1.54) is 4.90 Å². The number of rotatable bonds is 6. The molecule has 1 aliphatic rings. The Morgan fingerprint density at radius 3 is 2.47 bits per heavy atom. The molecule has 0 radical (unpaired) electrons. The Hall–Kier alpha value is -1.14. The molecule has 1 aliphatic heterocycles. The van der Waals surface area contributed by atoms with Crippen LogP contribution in [-0.2, 0) is 4.79 Å². The summed E-state index contributed by atoms with van der Waals surface area (Å²) in [6.45, 7) is 6.06. The van der Waals surface area contributed by atoms with E-state index in [0.717, 1.165) is 13.0 Å². The normalized spacial score (nSPS) is 19.0. The van der Waals surface area contributed by atoms with Crippen LogP contribution in [0.15, 0.2) is 0 Å². The molecule has 6 nitrogen and oxygen atoms in total. The van der Waals surface area contributed by atoms with Crippen LogP contribution < -0.4 is 11.1 Å². The Bertz CT molecular complexity index is 304. The van der Waals surface area contributed by atoms with Crippen molar-refractivity contribution in [2.45, 2.75) is 25.8 Å². The van der Waals surface area contributed by atoms with E-state index in [-0.39, 0.29) is 11.9 Å². The molecule has 1 heterocycles. The Labute approximate surface area is 102 Å². The minimum absolute atomic E-state index is 0.158. The van der Waals surface area contributed by atoms with Gasteiger partial charge in [0.25, 0.3) is 5.91 Å². The van der Waals surface area contributed by atoms with E-state index < -0.39 is 5.54 Å². The van der Waals surface area contributed by atoms with Gasteiger partial charge in [0.05, 0.1) is 0 Å². The van der Waals surface area contributed by atoms with Crippen molar-refractivity contribution in [1.82, 2.24) is 15.1 Å². The third-order valence-electron chi connectivity index (χ3n) is 2.89. The largest absolute Gasteiger partial charge is 0.330 e. The maximum Gasteiger partial charge on any atom is 0.325 e. The average molecular weight is 242 g/mol. The molecular weight excluding hydrogens is 220 g/mol. The first-order valence-electron chi connectivity index (χ1n) is 5.91. The third-order valence-corrected chi connectivity index (χ3v) is 2.89. The Kier molecular flexibility index (Phi) is 4.47. The predicted octanol–water partition coefficient (Wildman–Crippen LogP) is -0.403. The quantitative estimate of drug-likeness (QED) is 0.621. The van der Waals surface area contributed by atoms with Crippen LogP contribution in [-0.4, -0.2) is 60.5 Å². The van der Waals surface area contributed by atoms with Gasteiger partial charge in [0.15, 0.2) is 0 Å². The summed E-state index contributed by atoms with van der Waals surface area (Å²) < 4.78 is 0. The van der Waals surface area contributed by atoms with Gasteiger partial charge in [-0.05, 0) is 40.4 Å². The van der Waals surface area contributed by atoms with Gasteiger partial charge in [-0.25, -0.2) is 4.79 Å². The predicted molar refractivity (Wildman–Crippen MR) is 65.5 cm³/mol. The van der Waals surface area contributed by atoms with E-state index in [9.17, 15) is 9.59 Å². The lowest BCUT2D eigenvalue weighted by molar-refractivity contribution is -0.130. The van der Waals surface area contributed by atoms with Gasteiger partial charge >= 0.3 is 6.03 Å². The highest BCUT2D eigenvalue weighted by molar-refractivity contribution is 6.06. The lowest BCUT2D eigenvalue weighted by atomic mass is 10.1. The van der Waals surface area contributed by atoms with E-state index >= 15 is 0 Å². The molecule has 0 aromatic heterocycles. The van der Waals surface area contributed by atoms with Crippen molar-refractivity contribution in [3.8, 4) is 0 Å². The van der Waals surface area contributed by atoms with Crippen molar-refractivity contribution in [2.75, 3.05) is 33.2 Å². The number of urea groups is 1. The number of hydrogen-bond donors (Lipinski definition) is 2. The van der Waals surface area contributed by atoms with Crippen molar-refractivity contribution in [3.05, 3.63) is 0 Å². The highest BCUT2D eigenvalue weighted by Crippen LogP contribution is 2.15. The van der Waals surface area contributed by atoms with Crippen LogP contribution in [0.2, 0.25) is 0 Å². The Morgan fingerprint density at radius 2 is 2.00 bits per heavy atom. The van der Waals surface area contributed by atoms with Gasteiger partial charge in [-0.3, -0.25) is 9.69 Å². The van der Waals surface area contributed by atoms with E-state index in [1.807, 2.05) is 7.05 Å². The SMILES string of the molecule is CN(CCCN)CCN1C(=O)NC(C)(C)C1=O. The average Bonchev–Trinajstić information content (AvgIpc) is 2.43. The monoisotopic (exact) mass is 242 g/mol. The van der Waals surface area contributed by atoms with Crippen molar-refractivity contribution in [3.63, 3.8) is 0 Å². The van der Waals surface area contributed by atoms with Gasteiger partial charge in [0.2, 0.25) is 0 Å². The summed E-state index contributed by atoms with van der Waals surface area (Å²) in [5, 5.41) is 2.66. The highest BCUT2D eigenvalue weighted by Gasteiger charge is 2.43. The Morgan fingerprint density at radius 1 is 1.35 bits per heavy atom. The van der Waals surface area contributed by atoms with Gasteiger partial charge in [0.1, 0.15) is 5.54 Å². The minimum Gasteiger partial charge on any atom is -0.330 e. The number of amides is 3. The molecular formula is C11H22N4O2. The van der Waals surface area contributed by atoms with Crippen LogP contribution in [0.25, 0.3) is 0 Å². The smallest absolute Gasteiger partial charge is 0.325 e. The second-order valence-electron chi connectivity index (χ2n) is 4.96. The van der Waals surface area contributed by atoms with Gasteiger partial charge in [-0.2, -0.15) is 0 Å². The number of carbonyl (C=O) groups is 2. The molecule has 1 fully saturated rings. The van der Waals surface area contributed by atoms with E-state index in [1.54, 1.807) is 13.8 Å². The molecule has 1 rings (SSSR count). The zero-order chi connectivity index (χ0) is 13.1. The Balaban J connectivity index is 2.42. The molecule has 1 saturated heterocycles. The van der Waals surface area contributed by atoms with E-state index in [2.05, 4.69) is 10.2 Å². The second kappa shape index (κ2) is 5.46. The summed E-state index contributed by atoms with van der Waals surface area (Å²) in [6, 6.07) is -0.299. The number of nitrogens with two attached hydrogens (primary N) is 1. The van der Waals surface area contributed by atoms with Crippen molar-refractivity contribution in [1.29, 1.82) is 0 Å². The fourth-order valence-corrected chi connectivity index (χ4v) is 1.76. The first-order chi connectivity index (χ1) is 7.88. The van der Waals surface area contributed by atoms with Crippen LogP contribution >= 0.6 is 0 Å². The van der Waals surface area contributed by atoms with Crippen molar-refractivity contribution < 1.29 is 9.59 Å². The minimum atomic E-state index is -0.771. The summed E-state index contributed by atoms with van der Waals surface area (Å²) >= 11 is 0. The lowest BCUT2D eigenvalue weighted by Gasteiger charge is -2.20. The fourth-order valence-electron chi connectivity index (χ4n) is 1.76. The van der Waals surface area contributed by atoms with Crippen LogP contribution in [0.3, 0.4) is 0 Å². The fraction of sp³-hybridized carbons (Fsp3) is 0.818. The van der Waals surface area contributed by atoms with E-state index in [0.29, 0.717) is 19.6 Å². The molecule has 0 spiro atoms. The zero-order valence-corrected chi connectivity index (χ0v) is 10.8. The molecule has 0 aromatic rings.